The van der Waals surface area contributed by atoms with E-state index in [0.717, 1.165) is 18.4 Å². The molecule has 124 valence electrons. The second kappa shape index (κ2) is 8.48. The molecule has 0 saturated heterocycles. The van der Waals surface area contributed by atoms with Crippen molar-refractivity contribution in [3.63, 3.8) is 0 Å². The molecule has 0 aromatic heterocycles. The molecular weight excluding hydrogens is 292 g/mol. The Balaban J connectivity index is 1.80. The van der Waals surface area contributed by atoms with Crippen LogP contribution >= 0.6 is 0 Å². The van der Waals surface area contributed by atoms with E-state index in [-0.39, 0.29) is 24.5 Å². The molecule has 1 saturated carbocycles. The highest BCUT2D eigenvalue weighted by Gasteiger charge is 2.32. The van der Waals surface area contributed by atoms with Gasteiger partial charge < -0.3 is 15.7 Å². The highest BCUT2D eigenvalue weighted by atomic mass is 16.3. The number of aliphatic hydroxyl groups excluding tert-OH is 1. The number of rotatable bonds is 8. The summed E-state index contributed by atoms with van der Waals surface area (Å²) in [6, 6.07) is 8.89. The molecule has 5 nitrogen and oxygen atoms in total. The van der Waals surface area contributed by atoms with Crippen molar-refractivity contribution in [3.8, 4) is 0 Å². The maximum absolute atomic E-state index is 12.1. The van der Waals surface area contributed by atoms with Crippen LogP contribution in [0.1, 0.15) is 31.7 Å². The van der Waals surface area contributed by atoms with Gasteiger partial charge >= 0.3 is 0 Å². The molecular formula is C18H24N2O3. The summed E-state index contributed by atoms with van der Waals surface area (Å²) in [6.45, 7) is 1.72. The van der Waals surface area contributed by atoms with Gasteiger partial charge in [0, 0.05) is 18.7 Å². The zero-order valence-electron chi connectivity index (χ0n) is 13.4. The van der Waals surface area contributed by atoms with Crippen molar-refractivity contribution in [2.24, 2.45) is 5.92 Å². The average molecular weight is 316 g/mol. The van der Waals surface area contributed by atoms with Gasteiger partial charge in [-0.2, -0.15) is 0 Å². The van der Waals surface area contributed by atoms with E-state index >= 15 is 0 Å². The van der Waals surface area contributed by atoms with Crippen LogP contribution < -0.4 is 10.6 Å². The van der Waals surface area contributed by atoms with Gasteiger partial charge in [-0.3, -0.25) is 9.59 Å². The summed E-state index contributed by atoms with van der Waals surface area (Å²) >= 11 is 0. The molecule has 0 radical (unpaired) electrons. The van der Waals surface area contributed by atoms with Gasteiger partial charge in [-0.05, 0) is 43.7 Å². The lowest BCUT2D eigenvalue weighted by Gasteiger charge is -2.20. The topological polar surface area (TPSA) is 78.4 Å². The fourth-order valence-electron chi connectivity index (χ4n) is 2.43. The van der Waals surface area contributed by atoms with Gasteiger partial charge in [0.2, 0.25) is 11.8 Å². The molecule has 2 amide bonds. The van der Waals surface area contributed by atoms with Gasteiger partial charge in [0.15, 0.2) is 0 Å². The fraction of sp³-hybridized carbons (Fsp3) is 0.444. The van der Waals surface area contributed by atoms with Crippen LogP contribution in [0.25, 0.3) is 6.08 Å². The van der Waals surface area contributed by atoms with Crippen molar-refractivity contribution in [1.29, 1.82) is 0 Å². The second-order valence-electron chi connectivity index (χ2n) is 5.94. The lowest BCUT2D eigenvalue weighted by molar-refractivity contribution is -0.127. The van der Waals surface area contributed by atoms with Crippen molar-refractivity contribution in [3.05, 3.63) is 42.0 Å². The highest BCUT2D eigenvalue weighted by molar-refractivity contribution is 5.95. The van der Waals surface area contributed by atoms with Gasteiger partial charge in [0.1, 0.15) is 6.04 Å². The van der Waals surface area contributed by atoms with Crippen molar-refractivity contribution < 1.29 is 14.7 Å². The third-order valence-corrected chi connectivity index (χ3v) is 3.94. The number of benzene rings is 1. The summed E-state index contributed by atoms with van der Waals surface area (Å²) in [4.78, 5) is 24.0. The maximum atomic E-state index is 12.1. The quantitative estimate of drug-likeness (QED) is 0.636. The molecule has 0 aliphatic heterocycles. The summed E-state index contributed by atoms with van der Waals surface area (Å²) in [7, 11) is 0. The first kappa shape index (κ1) is 17.2. The normalized spacial score (nSPS) is 16.8. The second-order valence-corrected chi connectivity index (χ2v) is 5.94. The van der Waals surface area contributed by atoms with E-state index in [1.807, 2.05) is 30.3 Å². The summed E-state index contributed by atoms with van der Waals surface area (Å²) in [5, 5.41) is 14.6. The van der Waals surface area contributed by atoms with E-state index in [1.165, 1.54) is 6.08 Å². The lowest BCUT2D eigenvalue weighted by atomic mass is 10.1. The SMILES string of the molecule is CC(NC(=O)/C=C/c1ccccc1)C(=O)NC(CCO)C1CC1. The van der Waals surface area contributed by atoms with Crippen molar-refractivity contribution in [2.75, 3.05) is 6.61 Å². The predicted octanol–water partition coefficient (Wildman–Crippen LogP) is 1.48. The van der Waals surface area contributed by atoms with Crippen molar-refractivity contribution in [1.82, 2.24) is 10.6 Å². The molecule has 5 heteroatoms. The molecule has 0 heterocycles. The Kier molecular flexibility index (Phi) is 6.35. The Hall–Kier alpha value is -2.14. The van der Waals surface area contributed by atoms with E-state index in [2.05, 4.69) is 10.6 Å². The van der Waals surface area contributed by atoms with Crippen LogP contribution in [0.2, 0.25) is 0 Å². The van der Waals surface area contributed by atoms with E-state index in [9.17, 15) is 9.59 Å². The van der Waals surface area contributed by atoms with E-state index in [0.29, 0.717) is 12.3 Å². The van der Waals surface area contributed by atoms with E-state index in [1.54, 1.807) is 13.0 Å². The molecule has 1 aromatic carbocycles. The lowest BCUT2D eigenvalue weighted by Crippen LogP contribution is -2.48. The van der Waals surface area contributed by atoms with Crippen LogP contribution in [-0.2, 0) is 9.59 Å². The number of hydrogen-bond acceptors (Lipinski definition) is 3. The fourth-order valence-corrected chi connectivity index (χ4v) is 2.43. The Morgan fingerprint density at radius 3 is 2.57 bits per heavy atom. The highest BCUT2D eigenvalue weighted by Crippen LogP contribution is 2.33. The van der Waals surface area contributed by atoms with Crippen LogP contribution in [0.4, 0.5) is 0 Å². The number of amides is 2. The Bertz CT molecular complexity index is 553. The van der Waals surface area contributed by atoms with Gasteiger partial charge in [0.25, 0.3) is 0 Å². The van der Waals surface area contributed by atoms with Crippen LogP contribution in [0, 0.1) is 5.92 Å². The zero-order chi connectivity index (χ0) is 16.7. The minimum atomic E-state index is -0.608. The largest absolute Gasteiger partial charge is 0.396 e. The van der Waals surface area contributed by atoms with Crippen LogP contribution in [0.5, 0.6) is 0 Å². The molecule has 1 fully saturated rings. The molecule has 2 rings (SSSR count). The number of hydrogen-bond donors (Lipinski definition) is 3. The number of carbonyl (C=O) groups excluding carboxylic acids is 2. The number of aliphatic hydroxyl groups is 1. The molecule has 1 aliphatic carbocycles. The summed E-state index contributed by atoms with van der Waals surface area (Å²) in [6.07, 6.45) is 5.87. The first-order valence-corrected chi connectivity index (χ1v) is 8.05. The van der Waals surface area contributed by atoms with Gasteiger partial charge in [-0.1, -0.05) is 30.3 Å². The zero-order valence-corrected chi connectivity index (χ0v) is 13.4. The Labute approximate surface area is 136 Å². The molecule has 3 N–H and O–H groups in total. The van der Waals surface area contributed by atoms with Crippen LogP contribution in [-0.4, -0.2) is 35.6 Å². The number of nitrogens with one attached hydrogen (secondary N) is 2. The van der Waals surface area contributed by atoms with Gasteiger partial charge in [-0.15, -0.1) is 0 Å². The first-order chi connectivity index (χ1) is 11.1. The minimum Gasteiger partial charge on any atom is -0.396 e. The molecule has 0 spiro atoms. The van der Waals surface area contributed by atoms with E-state index in [4.69, 9.17) is 5.11 Å². The molecule has 2 unspecified atom stereocenters. The Morgan fingerprint density at radius 2 is 1.96 bits per heavy atom. The third kappa shape index (κ3) is 5.87. The monoisotopic (exact) mass is 316 g/mol. The first-order valence-electron chi connectivity index (χ1n) is 8.05. The summed E-state index contributed by atoms with van der Waals surface area (Å²) in [5.74, 6) is -0.0505. The van der Waals surface area contributed by atoms with E-state index < -0.39 is 6.04 Å². The molecule has 2 atom stereocenters. The molecule has 1 aromatic rings. The van der Waals surface area contributed by atoms with Gasteiger partial charge in [-0.25, -0.2) is 0 Å². The van der Waals surface area contributed by atoms with Crippen LogP contribution in [0.15, 0.2) is 36.4 Å². The smallest absolute Gasteiger partial charge is 0.244 e. The maximum Gasteiger partial charge on any atom is 0.244 e. The average Bonchev–Trinajstić information content (AvgIpc) is 3.38. The summed E-state index contributed by atoms with van der Waals surface area (Å²) < 4.78 is 0. The standard InChI is InChI=1S/C18H24N2O3/c1-13(18(23)20-16(11-12-21)15-8-9-15)19-17(22)10-7-14-5-3-2-4-6-14/h2-7,10,13,15-16,21H,8-9,11-12H2,1H3,(H,19,22)(H,20,23)/b10-7+. The van der Waals surface area contributed by atoms with Crippen LogP contribution in [0.3, 0.4) is 0 Å². The molecule has 23 heavy (non-hydrogen) atoms. The molecule has 0 bridgehead atoms. The third-order valence-electron chi connectivity index (χ3n) is 3.94. The predicted molar refractivity (Wildman–Crippen MR) is 89.4 cm³/mol. The number of carbonyl (C=O) groups is 2. The Morgan fingerprint density at radius 1 is 1.26 bits per heavy atom. The molecule has 1 aliphatic rings. The van der Waals surface area contributed by atoms with Crippen molar-refractivity contribution >= 4 is 17.9 Å². The summed E-state index contributed by atoms with van der Waals surface area (Å²) in [5.41, 5.74) is 0.927. The minimum absolute atomic E-state index is 0.00622. The van der Waals surface area contributed by atoms with Gasteiger partial charge in [0.05, 0.1) is 0 Å². The van der Waals surface area contributed by atoms with Crippen molar-refractivity contribution in [2.45, 2.75) is 38.3 Å².